The first-order valence-corrected chi connectivity index (χ1v) is 11.0. The normalized spacial score (nSPS) is 10.4. The molecule has 0 bridgehead atoms. The molecule has 0 aromatic heterocycles. The second-order valence-corrected chi connectivity index (χ2v) is 7.48. The Labute approximate surface area is 194 Å². The van der Waals surface area contributed by atoms with E-state index in [1.54, 1.807) is 19.1 Å². The molecule has 1 N–H and O–H groups in total. The molecule has 0 fully saturated rings. The van der Waals surface area contributed by atoms with Gasteiger partial charge in [-0.1, -0.05) is 42.5 Å². The number of hydrogen-bond acceptors (Lipinski definition) is 5. The van der Waals surface area contributed by atoms with E-state index < -0.39 is 6.09 Å². The summed E-state index contributed by atoms with van der Waals surface area (Å²) in [7, 11) is 1.37. The fraction of sp³-hybridized carbons (Fsp3) is 0.259. The zero-order chi connectivity index (χ0) is 23.5. The second kappa shape index (κ2) is 12.3. The molecule has 33 heavy (non-hydrogen) atoms. The summed E-state index contributed by atoms with van der Waals surface area (Å²) in [6.45, 7) is 2.54. The number of carbonyl (C=O) groups is 2. The third-order valence-electron chi connectivity index (χ3n) is 5.11. The molecule has 0 saturated carbocycles. The highest BCUT2D eigenvalue weighted by molar-refractivity contribution is 5.89. The van der Waals surface area contributed by atoms with Gasteiger partial charge in [-0.25, -0.2) is 9.59 Å². The summed E-state index contributed by atoms with van der Waals surface area (Å²) in [6.07, 6.45) is 2.01. The van der Waals surface area contributed by atoms with Crippen LogP contribution in [0.15, 0.2) is 72.8 Å². The van der Waals surface area contributed by atoms with Crippen molar-refractivity contribution >= 4 is 17.7 Å². The minimum Gasteiger partial charge on any atom is -0.489 e. The van der Waals surface area contributed by atoms with Crippen molar-refractivity contribution in [3.63, 3.8) is 0 Å². The molecule has 6 nitrogen and oxygen atoms in total. The molecule has 3 aromatic carbocycles. The Morgan fingerprint density at radius 1 is 0.879 bits per heavy atom. The molecular weight excluding hydrogens is 418 g/mol. The van der Waals surface area contributed by atoms with E-state index in [0.717, 1.165) is 41.7 Å². The third kappa shape index (κ3) is 7.38. The first kappa shape index (κ1) is 23.9. The largest absolute Gasteiger partial charge is 0.489 e. The molecule has 6 heteroatoms. The molecule has 0 spiro atoms. The maximum Gasteiger partial charge on any atom is 0.411 e. The van der Waals surface area contributed by atoms with Crippen LogP contribution in [-0.2, 0) is 28.9 Å². The van der Waals surface area contributed by atoms with Gasteiger partial charge in [-0.2, -0.15) is 0 Å². The number of ether oxygens (including phenoxy) is 3. The van der Waals surface area contributed by atoms with Crippen molar-refractivity contribution in [2.75, 3.05) is 19.0 Å². The molecule has 0 atom stereocenters. The van der Waals surface area contributed by atoms with Gasteiger partial charge in [0.1, 0.15) is 12.4 Å². The zero-order valence-electron chi connectivity index (χ0n) is 19.0. The van der Waals surface area contributed by atoms with Gasteiger partial charge in [0.2, 0.25) is 0 Å². The first-order valence-electron chi connectivity index (χ1n) is 11.0. The van der Waals surface area contributed by atoms with Gasteiger partial charge in [-0.05, 0) is 73.2 Å². The highest BCUT2D eigenvalue weighted by atomic mass is 16.5. The topological polar surface area (TPSA) is 73.9 Å². The van der Waals surface area contributed by atoms with E-state index in [9.17, 15) is 9.59 Å². The predicted octanol–water partition coefficient (Wildman–Crippen LogP) is 5.80. The van der Waals surface area contributed by atoms with E-state index in [-0.39, 0.29) is 5.97 Å². The molecular formula is C27H29NO5. The molecule has 3 aromatic rings. The second-order valence-electron chi connectivity index (χ2n) is 7.48. The number of amides is 1. The minimum absolute atomic E-state index is 0.311. The Balaban J connectivity index is 1.67. The molecule has 0 aliphatic carbocycles. The lowest BCUT2D eigenvalue weighted by atomic mass is 10.0. The average molecular weight is 448 g/mol. The number of benzene rings is 3. The van der Waals surface area contributed by atoms with E-state index in [0.29, 0.717) is 24.5 Å². The van der Waals surface area contributed by atoms with Crippen LogP contribution >= 0.6 is 0 Å². The van der Waals surface area contributed by atoms with Gasteiger partial charge in [-0.3, -0.25) is 5.32 Å². The summed E-state index contributed by atoms with van der Waals surface area (Å²) in [5.74, 6) is 0.446. The van der Waals surface area contributed by atoms with Crippen molar-refractivity contribution < 1.29 is 23.8 Å². The number of nitrogens with one attached hydrogen (secondary N) is 1. The average Bonchev–Trinajstić information content (AvgIpc) is 2.84. The number of rotatable bonds is 10. The van der Waals surface area contributed by atoms with Crippen LogP contribution in [0.5, 0.6) is 5.75 Å². The van der Waals surface area contributed by atoms with Gasteiger partial charge in [0.25, 0.3) is 0 Å². The molecule has 3 rings (SSSR count). The molecule has 0 aliphatic heterocycles. The van der Waals surface area contributed by atoms with E-state index in [2.05, 4.69) is 5.32 Å². The van der Waals surface area contributed by atoms with Gasteiger partial charge in [0.05, 0.1) is 19.3 Å². The number of esters is 1. The summed E-state index contributed by atoms with van der Waals surface area (Å²) in [6, 6.07) is 23.0. The van der Waals surface area contributed by atoms with Crippen LogP contribution in [-0.4, -0.2) is 25.8 Å². The number of methoxy groups -OCH3 is 1. The van der Waals surface area contributed by atoms with E-state index >= 15 is 0 Å². The Morgan fingerprint density at radius 3 is 2.33 bits per heavy atom. The van der Waals surface area contributed by atoms with Gasteiger partial charge >= 0.3 is 12.1 Å². The molecule has 0 aliphatic rings. The molecule has 0 heterocycles. The van der Waals surface area contributed by atoms with Crippen molar-refractivity contribution in [3.05, 3.63) is 95.1 Å². The Bertz CT molecular complexity index is 1050. The SMILES string of the molecule is CCOC(=O)Nc1ccc(OCc2ccccc2)c(CCCc2ccc(C(=O)OC)cc2)c1. The standard InChI is InChI=1S/C27H29NO5/c1-3-32-27(30)28-24-16-17-25(33-19-21-8-5-4-6-9-21)23(18-24)11-7-10-20-12-14-22(15-13-20)26(29)31-2/h4-6,8-9,12-18H,3,7,10-11,19H2,1-2H3,(H,28,30). The molecule has 1 amide bonds. The van der Waals surface area contributed by atoms with Crippen LogP contribution < -0.4 is 10.1 Å². The Kier molecular flexibility index (Phi) is 8.88. The van der Waals surface area contributed by atoms with Gasteiger partial charge in [-0.15, -0.1) is 0 Å². The van der Waals surface area contributed by atoms with Crippen LogP contribution in [0.25, 0.3) is 0 Å². The van der Waals surface area contributed by atoms with Crippen LogP contribution in [0.4, 0.5) is 10.5 Å². The maximum absolute atomic E-state index is 11.8. The monoisotopic (exact) mass is 447 g/mol. The third-order valence-corrected chi connectivity index (χ3v) is 5.11. The van der Waals surface area contributed by atoms with Crippen molar-refractivity contribution in [1.82, 2.24) is 0 Å². The predicted molar refractivity (Wildman–Crippen MR) is 128 cm³/mol. The Hall–Kier alpha value is -3.80. The summed E-state index contributed by atoms with van der Waals surface area (Å²) in [5.41, 5.74) is 4.43. The van der Waals surface area contributed by atoms with Gasteiger partial charge in [0, 0.05) is 5.69 Å². The molecule has 0 saturated heterocycles. The lowest BCUT2D eigenvalue weighted by Crippen LogP contribution is -2.13. The van der Waals surface area contributed by atoms with Crippen molar-refractivity contribution in [3.8, 4) is 5.75 Å². The number of hydrogen-bond donors (Lipinski definition) is 1. The van der Waals surface area contributed by atoms with E-state index in [1.807, 2.05) is 60.7 Å². The van der Waals surface area contributed by atoms with Crippen LogP contribution in [0.1, 0.15) is 40.4 Å². The molecule has 0 radical (unpaired) electrons. The minimum atomic E-state index is -0.480. The molecule has 0 unspecified atom stereocenters. The van der Waals surface area contributed by atoms with Crippen molar-refractivity contribution in [2.24, 2.45) is 0 Å². The lowest BCUT2D eigenvalue weighted by molar-refractivity contribution is 0.0600. The highest BCUT2D eigenvalue weighted by Gasteiger charge is 2.10. The van der Waals surface area contributed by atoms with Gasteiger partial charge in [0.15, 0.2) is 0 Å². The molecule has 172 valence electrons. The fourth-order valence-corrected chi connectivity index (χ4v) is 3.42. The Morgan fingerprint density at radius 2 is 1.64 bits per heavy atom. The van der Waals surface area contributed by atoms with Crippen LogP contribution in [0, 0.1) is 0 Å². The van der Waals surface area contributed by atoms with Crippen LogP contribution in [0.2, 0.25) is 0 Å². The lowest BCUT2D eigenvalue weighted by Gasteiger charge is -2.14. The van der Waals surface area contributed by atoms with E-state index in [1.165, 1.54) is 7.11 Å². The smallest absolute Gasteiger partial charge is 0.411 e. The van der Waals surface area contributed by atoms with Gasteiger partial charge < -0.3 is 14.2 Å². The fourth-order valence-electron chi connectivity index (χ4n) is 3.42. The van der Waals surface area contributed by atoms with Crippen LogP contribution in [0.3, 0.4) is 0 Å². The number of anilines is 1. The van der Waals surface area contributed by atoms with E-state index in [4.69, 9.17) is 14.2 Å². The summed E-state index contributed by atoms with van der Waals surface area (Å²) < 4.78 is 15.8. The number of carbonyl (C=O) groups excluding carboxylic acids is 2. The first-order chi connectivity index (χ1) is 16.1. The number of aryl methyl sites for hydroxylation is 2. The van der Waals surface area contributed by atoms with Crippen molar-refractivity contribution in [1.29, 1.82) is 0 Å². The maximum atomic E-state index is 11.8. The highest BCUT2D eigenvalue weighted by Crippen LogP contribution is 2.26. The van der Waals surface area contributed by atoms with Crippen molar-refractivity contribution in [2.45, 2.75) is 32.8 Å². The zero-order valence-corrected chi connectivity index (χ0v) is 19.0. The summed E-state index contributed by atoms with van der Waals surface area (Å²) in [4.78, 5) is 23.4. The summed E-state index contributed by atoms with van der Waals surface area (Å²) >= 11 is 0. The summed E-state index contributed by atoms with van der Waals surface area (Å²) in [5, 5.41) is 2.75. The quantitative estimate of drug-likeness (QED) is 0.398.